The predicted octanol–water partition coefficient (Wildman–Crippen LogP) is 3.88. The van der Waals surface area contributed by atoms with E-state index < -0.39 is 28.7 Å². The van der Waals surface area contributed by atoms with Crippen LogP contribution in [0.4, 0.5) is 0 Å². The number of amides is 3. The molecule has 4 heterocycles. The highest BCUT2D eigenvalue weighted by molar-refractivity contribution is 8.02. The van der Waals surface area contributed by atoms with E-state index in [0.29, 0.717) is 19.6 Å². The molecule has 0 aromatic heterocycles. The van der Waals surface area contributed by atoms with Gasteiger partial charge in [-0.15, -0.1) is 11.8 Å². The number of aliphatic hydroxyl groups excluding tert-OH is 1. The van der Waals surface area contributed by atoms with Crippen LogP contribution in [0.1, 0.15) is 52.5 Å². The largest absolute Gasteiger partial charge is 0.394 e. The molecule has 0 bridgehead atoms. The van der Waals surface area contributed by atoms with E-state index in [1.807, 2.05) is 66.1 Å². The first-order valence-corrected chi connectivity index (χ1v) is 15.7. The Labute approximate surface area is 242 Å². The van der Waals surface area contributed by atoms with Crippen LogP contribution in [0, 0.1) is 17.8 Å². The van der Waals surface area contributed by atoms with Gasteiger partial charge < -0.3 is 19.8 Å². The molecule has 8 heteroatoms. The van der Waals surface area contributed by atoms with Crippen molar-refractivity contribution in [1.29, 1.82) is 0 Å². The zero-order valence-corrected chi connectivity index (χ0v) is 24.9. The van der Waals surface area contributed by atoms with Crippen molar-refractivity contribution in [1.82, 2.24) is 14.7 Å². The van der Waals surface area contributed by atoms with Gasteiger partial charge in [0.15, 0.2) is 0 Å². The van der Waals surface area contributed by atoms with Gasteiger partial charge in [0, 0.05) is 30.9 Å². The topological polar surface area (TPSA) is 81.2 Å². The third-order valence-corrected chi connectivity index (χ3v) is 11.3. The SMILES string of the molecule is CCCC(C)N1CC=C[C@]23S[C@H]4C=CCN(Cc5ccccc5)C(=O)[C@H]4[C@H]2C(=O)N([C@@H](CO)[C@@H](C)CC)C3C1=O. The highest BCUT2D eigenvalue weighted by atomic mass is 32.2. The lowest BCUT2D eigenvalue weighted by atomic mass is 9.78. The number of hydrogen-bond donors (Lipinski definition) is 1. The number of carbonyl (C=O) groups is 3. The Hall–Kier alpha value is -2.58. The fourth-order valence-corrected chi connectivity index (χ4v) is 9.23. The second-order valence-corrected chi connectivity index (χ2v) is 13.4. The van der Waals surface area contributed by atoms with Crippen molar-refractivity contribution in [3.63, 3.8) is 0 Å². The molecular weight excluding hydrogens is 522 g/mol. The number of aliphatic hydroxyl groups is 1. The first kappa shape index (κ1) is 28.9. The number of nitrogens with zero attached hydrogens (tertiary/aromatic N) is 3. The second-order valence-electron chi connectivity index (χ2n) is 11.9. The van der Waals surface area contributed by atoms with E-state index in [0.717, 1.165) is 24.8 Å². The highest BCUT2D eigenvalue weighted by Gasteiger charge is 2.72. The molecule has 1 N–H and O–H groups in total. The van der Waals surface area contributed by atoms with E-state index in [2.05, 4.69) is 26.0 Å². The minimum atomic E-state index is -0.860. The fraction of sp³-hybridized carbons (Fsp3) is 0.594. The quantitative estimate of drug-likeness (QED) is 0.460. The maximum Gasteiger partial charge on any atom is 0.247 e. The monoisotopic (exact) mass is 565 g/mol. The van der Waals surface area contributed by atoms with Crippen LogP contribution in [0.3, 0.4) is 0 Å². The Kier molecular flexibility index (Phi) is 8.48. The molecule has 1 spiro atoms. The Morgan fingerprint density at radius 3 is 2.45 bits per heavy atom. The first-order valence-electron chi connectivity index (χ1n) is 14.9. The van der Waals surface area contributed by atoms with Crippen molar-refractivity contribution in [2.45, 2.75) is 81.6 Å². The highest BCUT2D eigenvalue weighted by Crippen LogP contribution is 2.61. The maximum absolute atomic E-state index is 14.6. The average molecular weight is 566 g/mol. The van der Waals surface area contributed by atoms with Gasteiger partial charge in [0.2, 0.25) is 17.7 Å². The standard InChI is InChI=1S/C32H43N3O4S/c1-5-12-22(4)34-18-11-16-32-27(30(38)35(28(32)31(34)39)24(20-36)21(3)6-2)26-25(40-32)15-10-17-33(29(26)37)19-23-13-8-7-9-14-23/h7-11,13-16,21-22,24-28,36H,5-6,12,17-20H2,1-4H3/t21-,22?,24-,25-,26+,27-,28?,32-/m0/s1. The molecule has 5 rings (SSSR count). The lowest BCUT2D eigenvalue weighted by molar-refractivity contribution is -0.148. The van der Waals surface area contributed by atoms with Gasteiger partial charge in [-0.3, -0.25) is 14.4 Å². The van der Waals surface area contributed by atoms with E-state index >= 15 is 0 Å². The van der Waals surface area contributed by atoms with Gasteiger partial charge in [-0.2, -0.15) is 0 Å². The minimum Gasteiger partial charge on any atom is -0.394 e. The number of likely N-dealkylation sites (tertiary alicyclic amines) is 1. The number of benzene rings is 1. The molecule has 4 aliphatic rings. The third-order valence-electron chi connectivity index (χ3n) is 9.51. The van der Waals surface area contributed by atoms with E-state index in [4.69, 9.17) is 0 Å². The van der Waals surface area contributed by atoms with Crippen molar-refractivity contribution < 1.29 is 19.5 Å². The van der Waals surface area contributed by atoms with Crippen molar-refractivity contribution in [2.75, 3.05) is 19.7 Å². The molecule has 0 saturated carbocycles. The molecule has 0 aliphatic carbocycles. The predicted molar refractivity (Wildman–Crippen MR) is 158 cm³/mol. The molecule has 7 nitrogen and oxygen atoms in total. The fourth-order valence-electron chi connectivity index (χ4n) is 7.23. The van der Waals surface area contributed by atoms with E-state index in [9.17, 15) is 19.5 Å². The summed E-state index contributed by atoms with van der Waals surface area (Å²) in [5, 5.41) is 10.4. The Balaban J connectivity index is 1.58. The van der Waals surface area contributed by atoms with E-state index in [1.54, 1.807) is 16.7 Å². The van der Waals surface area contributed by atoms with Crippen molar-refractivity contribution >= 4 is 29.5 Å². The van der Waals surface area contributed by atoms with Gasteiger partial charge in [-0.1, -0.05) is 88.2 Å². The van der Waals surface area contributed by atoms with Crippen LogP contribution in [0.25, 0.3) is 0 Å². The summed E-state index contributed by atoms with van der Waals surface area (Å²) in [4.78, 5) is 48.9. The molecular formula is C32H43N3O4S. The third kappa shape index (κ3) is 4.71. The Morgan fingerprint density at radius 1 is 1.02 bits per heavy atom. The summed E-state index contributed by atoms with van der Waals surface area (Å²) in [6.07, 6.45) is 10.8. The first-order chi connectivity index (χ1) is 19.3. The van der Waals surface area contributed by atoms with Crippen LogP contribution >= 0.6 is 11.8 Å². The van der Waals surface area contributed by atoms with Gasteiger partial charge in [0.1, 0.15) is 6.04 Å². The number of carbonyl (C=O) groups excluding carboxylic acids is 3. The molecule has 1 aromatic carbocycles. The minimum absolute atomic E-state index is 0.00600. The van der Waals surface area contributed by atoms with Gasteiger partial charge in [0.05, 0.1) is 29.2 Å². The molecule has 2 fully saturated rings. The van der Waals surface area contributed by atoms with Crippen LogP contribution in [0.15, 0.2) is 54.6 Å². The van der Waals surface area contributed by atoms with Crippen LogP contribution in [-0.2, 0) is 20.9 Å². The zero-order chi connectivity index (χ0) is 28.6. The summed E-state index contributed by atoms with van der Waals surface area (Å²) in [6, 6.07) is 8.72. The smallest absolute Gasteiger partial charge is 0.247 e. The zero-order valence-electron chi connectivity index (χ0n) is 24.1. The summed E-state index contributed by atoms with van der Waals surface area (Å²) < 4.78 is -0.860. The van der Waals surface area contributed by atoms with Crippen molar-refractivity contribution in [2.24, 2.45) is 17.8 Å². The summed E-state index contributed by atoms with van der Waals surface area (Å²) in [6.45, 7) is 9.49. The molecule has 3 amide bonds. The van der Waals surface area contributed by atoms with Gasteiger partial charge >= 0.3 is 0 Å². The number of thioether (sulfide) groups is 1. The summed E-state index contributed by atoms with van der Waals surface area (Å²) in [7, 11) is 0. The maximum atomic E-state index is 14.6. The van der Waals surface area contributed by atoms with Crippen molar-refractivity contribution in [3.05, 3.63) is 60.2 Å². The van der Waals surface area contributed by atoms with Crippen LogP contribution < -0.4 is 0 Å². The summed E-state index contributed by atoms with van der Waals surface area (Å²) in [5.74, 6) is -1.50. The summed E-state index contributed by atoms with van der Waals surface area (Å²) in [5.41, 5.74) is 1.04. The summed E-state index contributed by atoms with van der Waals surface area (Å²) >= 11 is 1.61. The van der Waals surface area contributed by atoms with Crippen molar-refractivity contribution in [3.8, 4) is 0 Å². The van der Waals surface area contributed by atoms with Gasteiger partial charge in [0.25, 0.3) is 0 Å². The number of rotatable bonds is 9. The van der Waals surface area contributed by atoms with Crippen LogP contribution in [0.5, 0.6) is 0 Å². The lowest BCUT2D eigenvalue weighted by Crippen LogP contribution is -2.58. The Morgan fingerprint density at radius 2 is 1.77 bits per heavy atom. The van der Waals surface area contributed by atoms with E-state index in [-0.39, 0.29) is 41.5 Å². The number of fused-ring (bicyclic) bond motifs is 2. The van der Waals surface area contributed by atoms with E-state index in [1.165, 1.54) is 0 Å². The second kappa shape index (κ2) is 11.7. The molecule has 40 heavy (non-hydrogen) atoms. The lowest BCUT2D eigenvalue weighted by Gasteiger charge is -2.41. The molecule has 2 saturated heterocycles. The van der Waals surface area contributed by atoms with Crippen LogP contribution in [0.2, 0.25) is 0 Å². The molecule has 0 radical (unpaired) electrons. The van der Waals surface area contributed by atoms with Crippen LogP contribution in [-0.4, -0.2) is 85.3 Å². The molecule has 8 atom stereocenters. The van der Waals surface area contributed by atoms with Gasteiger partial charge in [-0.25, -0.2) is 0 Å². The average Bonchev–Trinajstić information content (AvgIpc) is 3.27. The normalized spacial score (nSPS) is 31.9. The molecule has 1 aromatic rings. The number of hydrogen-bond acceptors (Lipinski definition) is 5. The molecule has 2 unspecified atom stereocenters. The van der Waals surface area contributed by atoms with Gasteiger partial charge in [-0.05, 0) is 24.8 Å². The Bertz CT molecular complexity index is 1170. The molecule has 216 valence electrons. The molecule has 4 aliphatic heterocycles.